The smallest absolute Gasteiger partial charge is 0.457 e. The van der Waals surface area contributed by atoms with Crippen LogP contribution in [0.4, 0.5) is 13.2 Å². The molecule has 3 heterocycles. The molecule has 2 aliphatic heterocycles. The third kappa shape index (κ3) is 2.95. The molecule has 5 rings (SSSR count). The fourth-order valence-corrected chi connectivity index (χ4v) is 3.95. The Morgan fingerprint density at radius 1 is 1.06 bits per heavy atom. The standard InChI is InChI=1S/C22H15F3N4O3/c1-29-19(30)21(28-20(29)26)15-9-12(13-3-2-8-27-11-13)4-6-17(15)31-18-7-5-14(10-16(18)21)32-22(23,24)25/h2-11H,1H3,(H2,26,28). The van der Waals surface area contributed by atoms with Gasteiger partial charge in [0.15, 0.2) is 5.96 Å². The molecule has 1 aromatic heterocycles. The van der Waals surface area contributed by atoms with Gasteiger partial charge in [-0.05, 0) is 42.0 Å². The summed E-state index contributed by atoms with van der Waals surface area (Å²) in [5.41, 5.74) is 6.21. The van der Waals surface area contributed by atoms with E-state index in [2.05, 4.69) is 14.7 Å². The lowest BCUT2D eigenvalue weighted by atomic mass is 9.79. The van der Waals surface area contributed by atoms with Crippen LogP contribution in [-0.4, -0.2) is 35.2 Å². The summed E-state index contributed by atoms with van der Waals surface area (Å²) in [6, 6.07) is 12.3. The Labute approximate surface area is 179 Å². The molecule has 1 unspecified atom stereocenters. The van der Waals surface area contributed by atoms with Crippen LogP contribution < -0.4 is 15.2 Å². The molecule has 2 aliphatic rings. The Hall–Kier alpha value is -4.08. The molecule has 0 fully saturated rings. The van der Waals surface area contributed by atoms with E-state index in [4.69, 9.17) is 10.5 Å². The Bertz CT molecular complexity index is 1280. The summed E-state index contributed by atoms with van der Waals surface area (Å²) in [4.78, 5) is 23.2. The summed E-state index contributed by atoms with van der Waals surface area (Å²) in [5, 5.41) is 0. The van der Waals surface area contributed by atoms with Crippen LogP contribution in [0.15, 0.2) is 65.9 Å². The highest BCUT2D eigenvalue weighted by atomic mass is 19.4. The van der Waals surface area contributed by atoms with Crippen LogP contribution in [0.3, 0.4) is 0 Å². The van der Waals surface area contributed by atoms with Crippen molar-refractivity contribution in [3.05, 3.63) is 72.1 Å². The van der Waals surface area contributed by atoms with Gasteiger partial charge in [-0.3, -0.25) is 14.7 Å². The van der Waals surface area contributed by atoms with E-state index in [1.54, 1.807) is 36.7 Å². The Kier molecular flexibility index (Phi) is 4.16. The highest BCUT2D eigenvalue weighted by Crippen LogP contribution is 2.53. The van der Waals surface area contributed by atoms with Gasteiger partial charge < -0.3 is 15.2 Å². The van der Waals surface area contributed by atoms with E-state index >= 15 is 0 Å². The number of carbonyl (C=O) groups is 1. The number of pyridine rings is 1. The summed E-state index contributed by atoms with van der Waals surface area (Å²) in [5.74, 6) is -0.561. The lowest BCUT2D eigenvalue weighted by Crippen LogP contribution is -2.42. The predicted octanol–water partition coefficient (Wildman–Crippen LogP) is 3.78. The normalized spacial score (nSPS) is 19.3. The second-order valence-electron chi connectivity index (χ2n) is 7.31. The van der Waals surface area contributed by atoms with Gasteiger partial charge in [-0.25, -0.2) is 4.99 Å². The van der Waals surface area contributed by atoms with Crippen molar-refractivity contribution in [3.8, 4) is 28.4 Å². The molecular weight excluding hydrogens is 425 g/mol. The van der Waals surface area contributed by atoms with Crippen LogP contribution >= 0.6 is 0 Å². The number of aliphatic imine (C=N–C) groups is 1. The number of nitrogens with two attached hydrogens (primary N) is 1. The molecule has 3 aromatic rings. The number of alkyl halides is 3. The highest BCUT2D eigenvalue weighted by Gasteiger charge is 2.55. The van der Waals surface area contributed by atoms with Gasteiger partial charge in [0, 0.05) is 36.1 Å². The van der Waals surface area contributed by atoms with Gasteiger partial charge in [-0.2, -0.15) is 0 Å². The number of fused-ring (bicyclic) bond motifs is 4. The largest absolute Gasteiger partial charge is 0.573 e. The van der Waals surface area contributed by atoms with Gasteiger partial charge in [0.05, 0.1) is 0 Å². The van der Waals surface area contributed by atoms with Crippen molar-refractivity contribution in [2.24, 2.45) is 10.7 Å². The molecule has 7 nitrogen and oxygen atoms in total. The lowest BCUT2D eigenvalue weighted by Gasteiger charge is -2.34. The predicted molar refractivity (Wildman–Crippen MR) is 108 cm³/mol. The van der Waals surface area contributed by atoms with Crippen molar-refractivity contribution >= 4 is 11.9 Å². The maximum absolute atomic E-state index is 13.5. The summed E-state index contributed by atoms with van der Waals surface area (Å²) in [7, 11) is 1.45. The fourth-order valence-electron chi connectivity index (χ4n) is 3.95. The molecule has 0 radical (unpaired) electrons. The van der Waals surface area contributed by atoms with Crippen molar-refractivity contribution in [1.29, 1.82) is 0 Å². The maximum Gasteiger partial charge on any atom is 0.573 e. The summed E-state index contributed by atoms with van der Waals surface area (Å²) in [6.45, 7) is 0. The Balaban J connectivity index is 1.75. The molecule has 0 aliphatic carbocycles. The van der Waals surface area contributed by atoms with E-state index in [1.165, 1.54) is 13.1 Å². The van der Waals surface area contributed by atoms with Crippen LogP contribution in [0, 0.1) is 0 Å². The average Bonchev–Trinajstić information content (AvgIpc) is 2.98. The molecule has 1 atom stereocenters. The van der Waals surface area contributed by atoms with E-state index in [0.29, 0.717) is 11.3 Å². The molecule has 32 heavy (non-hydrogen) atoms. The molecule has 0 saturated heterocycles. The minimum absolute atomic E-state index is 0.0669. The van der Waals surface area contributed by atoms with Gasteiger partial charge in [-0.15, -0.1) is 13.2 Å². The third-order valence-corrected chi connectivity index (χ3v) is 5.40. The van der Waals surface area contributed by atoms with Crippen molar-refractivity contribution in [1.82, 2.24) is 9.88 Å². The summed E-state index contributed by atoms with van der Waals surface area (Å²) >= 11 is 0. The minimum atomic E-state index is -4.90. The van der Waals surface area contributed by atoms with Crippen molar-refractivity contribution in [2.75, 3.05) is 7.05 Å². The zero-order chi connectivity index (χ0) is 22.7. The van der Waals surface area contributed by atoms with Gasteiger partial charge in [0.25, 0.3) is 5.91 Å². The number of guanidine groups is 1. The number of nitrogens with zero attached hydrogens (tertiary/aromatic N) is 3. The van der Waals surface area contributed by atoms with Gasteiger partial charge in [-0.1, -0.05) is 12.1 Å². The first-order chi connectivity index (χ1) is 15.2. The molecule has 1 amide bonds. The minimum Gasteiger partial charge on any atom is -0.457 e. The monoisotopic (exact) mass is 440 g/mol. The number of likely N-dealkylation sites (N-methyl/N-ethyl adjacent to an activating group) is 1. The first kappa shape index (κ1) is 19.9. The molecule has 0 saturated carbocycles. The van der Waals surface area contributed by atoms with Gasteiger partial charge >= 0.3 is 6.36 Å². The second-order valence-corrected chi connectivity index (χ2v) is 7.31. The number of carbonyl (C=O) groups excluding carboxylic acids is 1. The zero-order valence-corrected chi connectivity index (χ0v) is 16.6. The quantitative estimate of drug-likeness (QED) is 0.655. The SMILES string of the molecule is CN1C(=O)C2(N=C1N)c1cc(OC(F)(F)F)ccc1Oc1ccc(-c3cccnc3)cc12. The van der Waals surface area contributed by atoms with Crippen LogP contribution in [-0.2, 0) is 10.3 Å². The van der Waals surface area contributed by atoms with Gasteiger partial charge in [0.2, 0.25) is 5.54 Å². The van der Waals surface area contributed by atoms with E-state index in [9.17, 15) is 18.0 Å². The number of benzene rings is 2. The summed E-state index contributed by atoms with van der Waals surface area (Å²) < 4.78 is 48.5. The van der Waals surface area contributed by atoms with E-state index in [-0.39, 0.29) is 17.3 Å². The number of rotatable bonds is 2. The zero-order valence-electron chi connectivity index (χ0n) is 16.6. The second kappa shape index (κ2) is 6.71. The molecule has 162 valence electrons. The van der Waals surface area contributed by atoms with Crippen molar-refractivity contribution in [2.45, 2.75) is 11.9 Å². The Morgan fingerprint density at radius 2 is 1.78 bits per heavy atom. The lowest BCUT2D eigenvalue weighted by molar-refractivity contribution is -0.274. The first-order valence-electron chi connectivity index (χ1n) is 9.45. The number of ether oxygens (including phenoxy) is 2. The molecule has 0 bridgehead atoms. The van der Waals surface area contributed by atoms with E-state index in [0.717, 1.165) is 28.2 Å². The average molecular weight is 440 g/mol. The number of hydrogen-bond acceptors (Lipinski definition) is 6. The number of aromatic nitrogens is 1. The molecular formula is C22H15F3N4O3. The van der Waals surface area contributed by atoms with Crippen LogP contribution in [0.2, 0.25) is 0 Å². The van der Waals surface area contributed by atoms with E-state index in [1.807, 2.05) is 6.07 Å². The number of hydrogen-bond donors (Lipinski definition) is 1. The summed E-state index contributed by atoms with van der Waals surface area (Å²) in [6.07, 6.45) is -1.62. The van der Waals surface area contributed by atoms with E-state index < -0.39 is 23.6 Å². The molecule has 1 spiro atoms. The highest BCUT2D eigenvalue weighted by molar-refractivity contribution is 6.10. The van der Waals surface area contributed by atoms with Crippen molar-refractivity contribution < 1.29 is 27.4 Å². The van der Waals surface area contributed by atoms with Crippen LogP contribution in [0.1, 0.15) is 11.1 Å². The van der Waals surface area contributed by atoms with Crippen molar-refractivity contribution in [3.63, 3.8) is 0 Å². The number of amides is 1. The fraction of sp³-hybridized carbons (Fsp3) is 0.136. The van der Waals surface area contributed by atoms with Crippen LogP contribution in [0.25, 0.3) is 11.1 Å². The first-order valence-corrected chi connectivity index (χ1v) is 9.45. The number of halogens is 3. The van der Waals surface area contributed by atoms with Gasteiger partial charge in [0.1, 0.15) is 17.2 Å². The molecule has 2 N–H and O–H groups in total. The molecule has 2 aromatic carbocycles. The Morgan fingerprint density at radius 3 is 2.41 bits per heavy atom. The molecule has 10 heteroatoms. The maximum atomic E-state index is 13.5. The third-order valence-electron chi connectivity index (χ3n) is 5.40. The van der Waals surface area contributed by atoms with Crippen LogP contribution in [0.5, 0.6) is 17.2 Å². The topological polar surface area (TPSA) is 90.0 Å².